The number of rotatable bonds is 5. The van der Waals surface area contributed by atoms with Gasteiger partial charge in [0.25, 0.3) is 0 Å². The van der Waals surface area contributed by atoms with E-state index in [0.717, 1.165) is 6.54 Å². The molecule has 8 heteroatoms. The highest BCUT2D eigenvalue weighted by Crippen LogP contribution is 2.27. The molecule has 2 aromatic carbocycles. The van der Waals surface area contributed by atoms with Gasteiger partial charge in [-0.3, -0.25) is 9.69 Å². The maximum Gasteiger partial charge on any atom is 0.238 e. The number of nitrogens with one attached hydrogen (secondary N) is 1. The first-order valence-electron chi connectivity index (χ1n) is 9.07. The van der Waals surface area contributed by atoms with Crippen molar-refractivity contribution in [3.05, 3.63) is 71.8 Å². The molecule has 0 aliphatic carbocycles. The number of likely N-dealkylation sites (tertiary alicyclic amines) is 1. The van der Waals surface area contributed by atoms with Crippen molar-refractivity contribution in [3.63, 3.8) is 0 Å². The molecule has 0 radical (unpaired) electrons. The van der Waals surface area contributed by atoms with E-state index in [1.807, 2.05) is 18.2 Å². The molecule has 1 aliphatic heterocycles. The molecule has 1 aromatic heterocycles. The van der Waals surface area contributed by atoms with Gasteiger partial charge in [0.05, 0.1) is 17.9 Å². The smallest absolute Gasteiger partial charge is 0.238 e. The third-order valence-corrected chi connectivity index (χ3v) is 5.17. The normalized spacial score (nSPS) is 19.6. The highest BCUT2D eigenvalue weighted by atomic mass is 35.5. The highest BCUT2D eigenvalue weighted by molar-refractivity contribution is 6.31. The van der Waals surface area contributed by atoms with Gasteiger partial charge >= 0.3 is 0 Å². The van der Waals surface area contributed by atoms with E-state index in [4.69, 9.17) is 17.3 Å². The van der Waals surface area contributed by atoms with Crippen LogP contribution >= 0.6 is 11.6 Å². The summed E-state index contributed by atoms with van der Waals surface area (Å²) in [6.45, 7) is 1.70. The Bertz CT molecular complexity index is 947. The van der Waals surface area contributed by atoms with Crippen LogP contribution in [0.4, 0.5) is 5.69 Å². The molecular formula is C20H21ClN6O. The van der Waals surface area contributed by atoms with Crippen LogP contribution in [0.3, 0.4) is 0 Å². The van der Waals surface area contributed by atoms with E-state index >= 15 is 0 Å². The van der Waals surface area contributed by atoms with Gasteiger partial charge in [0.2, 0.25) is 5.91 Å². The summed E-state index contributed by atoms with van der Waals surface area (Å²) < 4.78 is 1.59. The quantitative estimate of drug-likeness (QED) is 0.690. The van der Waals surface area contributed by atoms with Crippen LogP contribution in [-0.2, 0) is 4.79 Å². The number of nitrogens with two attached hydrogens (primary N) is 1. The van der Waals surface area contributed by atoms with Crippen molar-refractivity contribution in [1.82, 2.24) is 19.7 Å². The molecule has 0 spiro atoms. The molecule has 3 aromatic rings. The zero-order chi connectivity index (χ0) is 19.5. The summed E-state index contributed by atoms with van der Waals surface area (Å²) >= 11 is 6.11. The predicted octanol–water partition coefficient (Wildman–Crippen LogP) is 2.29. The van der Waals surface area contributed by atoms with E-state index < -0.39 is 0 Å². The van der Waals surface area contributed by atoms with Crippen LogP contribution in [-0.4, -0.2) is 51.2 Å². The molecule has 7 nitrogen and oxygen atoms in total. The van der Waals surface area contributed by atoms with Gasteiger partial charge in [0.1, 0.15) is 12.7 Å². The zero-order valence-corrected chi connectivity index (χ0v) is 16.0. The van der Waals surface area contributed by atoms with E-state index in [1.54, 1.807) is 29.2 Å². The minimum absolute atomic E-state index is 0.00655. The monoisotopic (exact) mass is 396 g/mol. The number of hydrogen-bond acceptors (Lipinski definition) is 5. The third-order valence-electron chi connectivity index (χ3n) is 4.93. The Morgan fingerprint density at radius 1 is 1.21 bits per heavy atom. The molecule has 2 atom stereocenters. The number of nitrogens with zero attached hydrogens (tertiary/aromatic N) is 4. The first kappa shape index (κ1) is 18.6. The number of carbonyl (C=O) groups excluding carboxylic acids is 1. The summed E-state index contributed by atoms with van der Waals surface area (Å²) in [5.74, 6) is 0.107. The fraction of sp³-hybridized carbons (Fsp3) is 0.250. The number of aromatic nitrogens is 3. The molecule has 1 aliphatic rings. The average Bonchev–Trinajstić information content (AvgIpc) is 3.32. The van der Waals surface area contributed by atoms with Gasteiger partial charge in [-0.2, -0.15) is 5.10 Å². The van der Waals surface area contributed by atoms with Crippen LogP contribution in [0.15, 0.2) is 61.2 Å². The number of anilines is 1. The van der Waals surface area contributed by atoms with E-state index in [0.29, 0.717) is 22.9 Å². The molecule has 1 fully saturated rings. The fourth-order valence-electron chi connectivity index (χ4n) is 3.63. The molecule has 2 heterocycles. The molecule has 1 saturated heterocycles. The van der Waals surface area contributed by atoms with Crippen molar-refractivity contribution in [2.75, 3.05) is 25.0 Å². The van der Waals surface area contributed by atoms with Gasteiger partial charge in [-0.15, -0.1) is 0 Å². The maximum absolute atomic E-state index is 12.7. The maximum atomic E-state index is 12.7. The Balaban J connectivity index is 1.44. The molecule has 4 rings (SSSR count). The van der Waals surface area contributed by atoms with Crippen molar-refractivity contribution in [1.29, 1.82) is 0 Å². The van der Waals surface area contributed by atoms with Crippen LogP contribution in [0, 0.1) is 0 Å². The van der Waals surface area contributed by atoms with Crippen molar-refractivity contribution in [3.8, 4) is 5.69 Å². The SMILES string of the molecule is N[C@@H]1CN(CC(=O)Nc2cc(Cl)ccc2-n2cncn2)C[C@H]1c1ccccc1. The predicted molar refractivity (Wildman–Crippen MR) is 109 cm³/mol. The average molecular weight is 397 g/mol. The Hall–Kier alpha value is -2.74. The summed E-state index contributed by atoms with van der Waals surface area (Å²) in [5.41, 5.74) is 8.83. The summed E-state index contributed by atoms with van der Waals surface area (Å²) in [7, 11) is 0. The van der Waals surface area contributed by atoms with Crippen molar-refractivity contribution < 1.29 is 4.79 Å². The van der Waals surface area contributed by atoms with Crippen molar-refractivity contribution in [2.24, 2.45) is 5.73 Å². The topological polar surface area (TPSA) is 89.1 Å². The van der Waals surface area contributed by atoms with E-state index in [2.05, 4.69) is 32.4 Å². The Kier molecular flexibility index (Phi) is 5.38. The second kappa shape index (κ2) is 8.10. The Labute approximate surface area is 168 Å². The minimum atomic E-state index is -0.121. The number of benzene rings is 2. The van der Waals surface area contributed by atoms with E-state index in [-0.39, 0.29) is 24.4 Å². The van der Waals surface area contributed by atoms with Gasteiger partial charge in [-0.25, -0.2) is 9.67 Å². The van der Waals surface area contributed by atoms with Crippen molar-refractivity contribution in [2.45, 2.75) is 12.0 Å². The first-order chi connectivity index (χ1) is 13.6. The minimum Gasteiger partial charge on any atom is -0.326 e. The molecule has 3 N–H and O–H groups in total. The standard InChI is InChI=1S/C20H21ClN6O/c21-15-6-7-19(27-13-23-12-24-27)18(8-15)25-20(28)11-26-9-16(17(22)10-26)14-4-2-1-3-5-14/h1-8,12-13,16-17H,9-11,22H2,(H,25,28)/t16-,17+/m0/s1. The number of amides is 1. The number of halogens is 1. The van der Waals surface area contributed by atoms with E-state index in [9.17, 15) is 4.79 Å². The van der Waals surface area contributed by atoms with Crippen LogP contribution in [0.25, 0.3) is 5.69 Å². The van der Waals surface area contributed by atoms with Gasteiger partial charge < -0.3 is 11.1 Å². The second-order valence-electron chi connectivity index (χ2n) is 6.92. The molecule has 0 saturated carbocycles. The van der Waals surface area contributed by atoms with Crippen molar-refractivity contribution >= 4 is 23.2 Å². The molecular weight excluding hydrogens is 376 g/mol. The summed E-state index contributed by atoms with van der Waals surface area (Å²) in [6, 6.07) is 15.5. The largest absolute Gasteiger partial charge is 0.326 e. The lowest BCUT2D eigenvalue weighted by atomic mass is 9.95. The highest BCUT2D eigenvalue weighted by Gasteiger charge is 2.32. The second-order valence-corrected chi connectivity index (χ2v) is 7.36. The molecule has 0 bridgehead atoms. The lowest BCUT2D eigenvalue weighted by Crippen LogP contribution is -2.34. The summed E-state index contributed by atoms with van der Waals surface area (Å²) in [4.78, 5) is 18.7. The first-order valence-corrected chi connectivity index (χ1v) is 9.45. The molecule has 1 amide bonds. The number of hydrogen-bond donors (Lipinski definition) is 2. The van der Waals surface area contributed by atoms with Gasteiger partial charge in [-0.1, -0.05) is 41.9 Å². The lowest BCUT2D eigenvalue weighted by Gasteiger charge is -2.17. The zero-order valence-electron chi connectivity index (χ0n) is 15.2. The van der Waals surface area contributed by atoms with Gasteiger partial charge in [-0.05, 0) is 23.8 Å². The van der Waals surface area contributed by atoms with Gasteiger partial charge in [0.15, 0.2) is 0 Å². The fourth-order valence-corrected chi connectivity index (χ4v) is 3.80. The molecule has 144 valence electrons. The molecule has 0 unspecified atom stereocenters. The van der Waals surface area contributed by atoms with E-state index in [1.165, 1.54) is 11.9 Å². The van der Waals surface area contributed by atoms with Crippen LogP contribution in [0.1, 0.15) is 11.5 Å². The number of carbonyl (C=O) groups is 1. The summed E-state index contributed by atoms with van der Waals surface area (Å²) in [6.07, 6.45) is 3.01. The van der Waals surface area contributed by atoms with Crippen LogP contribution < -0.4 is 11.1 Å². The Morgan fingerprint density at radius 2 is 2.04 bits per heavy atom. The van der Waals surface area contributed by atoms with Gasteiger partial charge in [0, 0.05) is 30.1 Å². The Morgan fingerprint density at radius 3 is 2.79 bits per heavy atom. The summed E-state index contributed by atoms with van der Waals surface area (Å²) in [5, 5.41) is 7.60. The lowest BCUT2D eigenvalue weighted by molar-refractivity contribution is -0.117. The van der Waals surface area contributed by atoms with Crippen LogP contribution in [0.5, 0.6) is 0 Å². The third kappa shape index (κ3) is 4.06. The molecule has 28 heavy (non-hydrogen) atoms. The van der Waals surface area contributed by atoms with Crippen LogP contribution in [0.2, 0.25) is 5.02 Å².